The summed E-state index contributed by atoms with van der Waals surface area (Å²) < 4.78 is 5.94. The van der Waals surface area contributed by atoms with Crippen molar-refractivity contribution in [1.29, 1.82) is 0 Å². The Morgan fingerprint density at radius 3 is 1.50 bits per heavy atom. The Morgan fingerprint density at radius 2 is 1.18 bits per heavy atom. The summed E-state index contributed by atoms with van der Waals surface area (Å²) in [6, 6.07) is 8.28. The van der Waals surface area contributed by atoms with Crippen LogP contribution in [0.25, 0.3) is 0 Å². The van der Waals surface area contributed by atoms with E-state index in [2.05, 4.69) is 32.9 Å². The summed E-state index contributed by atoms with van der Waals surface area (Å²) in [6.45, 7) is 6.88. The van der Waals surface area contributed by atoms with Gasteiger partial charge in [-0.2, -0.15) is 0 Å². The van der Waals surface area contributed by atoms with Crippen molar-refractivity contribution in [2.75, 3.05) is 0 Å². The maximum atomic E-state index is 9.31. The van der Waals surface area contributed by atoms with E-state index in [0.717, 1.165) is 0 Å². The van der Waals surface area contributed by atoms with Crippen molar-refractivity contribution in [2.45, 2.75) is 72.6 Å². The van der Waals surface area contributed by atoms with Gasteiger partial charge in [0.2, 0.25) is 0 Å². The third-order valence-electron chi connectivity index (χ3n) is 4.85. The van der Waals surface area contributed by atoms with Crippen LogP contribution in [-0.4, -0.2) is 35.5 Å². The van der Waals surface area contributed by atoms with Crippen molar-refractivity contribution in [2.24, 2.45) is 0 Å². The van der Waals surface area contributed by atoms with E-state index < -0.39 is 25.5 Å². The molecule has 0 unspecified atom stereocenters. The molecule has 1 aromatic rings. The van der Waals surface area contributed by atoms with Gasteiger partial charge < -0.3 is 0 Å². The van der Waals surface area contributed by atoms with Gasteiger partial charge in [0.25, 0.3) is 0 Å². The van der Waals surface area contributed by atoms with Crippen molar-refractivity contribution >= 4 is 34.5 Å². The third-order valence-corrected chi connectivity index (χ3v) is 20.5. The first-order chi connectivity index (χ1) is 10.6. The zero-order chi connectivity index (χ0) is 16.4. The molecule has 1 rings (SSSR count). The fourth-order valence-electron chi connectivity index (χ4n) is 3.36. The molecule has 0 heterocycles. The Kier molecular flexibility index (Phi) is 9.77. The summed E-state index contributed by atoms with van der Waals surface area (Å²) in [5.74, 6) is 0. The summed E-state index contributed by atoms with van der Waals surface area (Å²) in [5.41, 5.74) is 0.616. The first-order valence-corrected chi connectivity index (χ1v) is 16.5. The standard InChI is InChI=1S/C6H6BO2.3C4H9.Sn/c8-7(9)6-4-2-1-3-5-6;3*1-3-4-2;/h2-5,8-9H;3*1,3-4H2,2H3;. The van der Waals surface area contributed by atoms with Gasteiger partial charge in [0.1, 0.15) is 0 Å². The second kappa shape index (κ2) is 10.7. The predicted octanol–water partition coefficient (Wildman–Crippen LogP) is 3.42. The van der Waals surface area contributed by atoms with Crippen LogP contribution < -0.4 is 9.04 Å². The van der Waals surface area contributed by atoms with E-state index in [1.165, 1.54) is 51.8 Å². The molecule has 124 valence electrons. The second-order valence-electron chi connectivity index (χ2n) is 6.59. The van der Waals surface area contributed by atoms with Crippen LogP contribution in [0.4, 0.5) is 0 Å². The van der Waals surface area contributed by atoms with Gasteiger partial charge >= 0.3 is 141 Å². The minimum atomic E-state index is -2.34. The van der Waals surface area contributed by atoms with E-state index >= 15 is 0 Å². The fraction of sp³-hybridized carbons (Fsp3) is 0.667. The van der Waals surface area contributed by atoms with Gasteiger partial charge in [-0.15, -0.1) is 0 Å². The molecular weight excluding hydrogens is 378 g/mol. The predicted molar refractivity (Wildman–Crippen MR) is 101 cm³/mol. The zero-order valence-electron chi connectivity index (χ0n) is 14.6. The molecule has 4 heteroatoms. The Labute approximate surface area is 141 Å². The van der Waals surface area contributed by atoms with Crippen molar-refractivity contribution in [3.8, 4) is 0 Å². The molecule has 2 nitrogen and oxygen atoms in total. The normalized spacial score (nSPS) is 11.7. The molecule has 0 bridgehead atoms. The summed E-state index contributed by atoms with van der Waals surface area (Å²) in [6.07, 6.45) is 7.91. The zero-order valence-corrected chi connectivity index (χ0v) is 17.5. The Morgan fingerprint density at radius 1 is 0.773 bits per heavy atom. The molecule has 1 aromatic carbocycles. The Hall–Kier alpha value is 0.00364. The molecule has 0 aromatic heterocycles. The van der Waals surface area contributed by atoms with Crippen LogP contribution in [0.5, 0.6) is 0 Å². The van der Waals surface area contributed by atoms with E-state index in [9.17, 15) is 10.0 Å². The van der Waals surface area contributed by atoms with Gasteiger partial charge in [-0.3, -0.25) is 0 Å². The Balaban J connectivity index is 3.07. The second-order valence-corrected chi connectivity index (χ2v) is 19.8. The van der Waals surface area contributed by atoms with Crippen molar-refractivity contribution < 1.29 is 10.0 Å². The SMILES string of the molecule is CCC[CH2][Sn]([CH2]CCC)([CH2]CCC)[c]1ccc(B(O)O)cc1. The summed E-state index contributed by atoms with van der Waals surface area (Å²) >= 11 is -2.34. The fourth-order valence-corrected chi connectivity index (χ4v) is 19.3. The first-order valence-electron chi connectivity index (χ1n) is 9.06. The monoisotopic (exact) mass is 412 g/mol. The molecule has 0 aliphatic rings. The van der Waals surface area contributed by atoms with Crippen molar-refractivity contribution in [3.63, 3.8) is 0 Å². The quantitative estimate of drug-likeness (QED) is 0.549. The molecule has 0 saturated heterocycles. The number of unbranched alkanes of at least 4 members (excludes halogenated alkanes) is 3. The van der Waals surface area contributed by atoms with E-state index in [1.807, 2.05) is 12.1 Å². The molecule has 0 aliphatic carbocycles. The van der Waals surface area contributed by atoms with E-state index in [0.29, 0.717) is 5.46 Å². The summed E-state index contributed by atoms with van der Waals surface area (Å²) in [7, 11) is -1.35. The van der Waals surface area contributed by atoms with E-state index in [-0.39, 0.29) is 0 Å². The average molecular weight is 411 g/mol. The molecule has 0 fully saturated rings. The van der Waals surface area contributed by atoms with Gasteiger partial charge in [-0.05, 0) is 0 Å². The molecule has 0 radical (unpaired) electrons. The van der Waals surface area contributed by atoms with Crippen LogP contribution in [0, 0.1) is 0 Å². The Bertz CT molecular complexity index is 384. The molecule has 0 aliphatic heterocycles. The van der Waals surface area contributed by atoms with Crippen LogP contribution in [0.1, 0.15) is 59.3 Å². The van der Waals surface area contributed by atoms with Crippen LogP contribution in [0.2, 0.25) is 13.3 Å². The van der Waals surface area contributed by atoms with Gasteiger partial charge in [0.05, 0.1) is 0 Å². The van der Waals surface area contributed by atoms with Gasteiger partial charge in [-0.25, -0.2) is 0 Å². The van der Waals surface area contributed by atoms with Crippen molar-refractivity contribution in [1.82, 2.24) is 0 Å². The number of benzene rings is 1. The third kappa shape index (κ3) is 5.90. The van der Waals surface area contributed by atoms with E-state index in [1.54, 1.807) is 3.58 Å². The van der Waals surface area contributed by atoms with Crippen molar-refractivity contribution in [3.05, 3.63) is 24.3 Å². The van der Waals surface area contributed by atoms with Gasteiger partial charge in [0.15, 0.2) is 0 Å². The molecule has 2 N–H and O–H groups in total. The first kappa shape index (κ1) is 20.0. The molecule has 0 atom stereocenters. The molecule has 0 spiro atoms. The molecule has 0 amide bonds. The number of rotatable bonds is 11. The van der Waals surface area contributed by atoms with Crippen LogP contribution in [0.15, 0.2) is 24.3 Å². The van der Waals surface area contributed by atoms with Crippen LogP contribution >= 0.6 is 0 Å². The molecule has 22 heavy (non-hydrogen) atoms. The van der Waals surface area contributed by atoms with Crippen LogP contribution in [0.3, 0.4) is 0 Å². The van der Waals surface area contributed by atoms with Gasteiger partial charge in [-0.1, -0.05) is 0 Å². The average Bonchev–Trinajstić information content (AvgIpc) is 2.54. The molecule has 0 saturated carbocycles. The van der Waals surface area contributed by atoms with Gasteiger partial charge in [0, 0.05) is 0 Å². The molecular formula is C18H33BO2Sn. The van der Waals surface area contributed by atoms with E-state index in [4.69, 9.17) is 0 Å². The van der Waals surface area contributed by atoms with Crippen LogP contribution in [-0.2, 0) is 0 Å². The number of hydrogen-bond acceptors (Lipinski definition) is 2. The topological polar surface area (TPSA) is 40.5 Å². The summed E-state index contributed by atoms with van der Waals surface area (Å²) in [4.78, 5) is 0. The minimum absolute atomic E-state index is 0.616. The summed E-state index contributed by atoms with van der Waals surface area (Å²) in [5, 5.41) is 18.6. The maximum absolute atomic E-state index is 9.31. The number of hydrogen-bond donors (Lipinski definition) is 2.